The molecule has 0 radical (unpaired) electrons. The molecule has 1 aromatic carbocycles. The summed E-state index contributed by atoms with van der Waals surface area (Å²) < 4.78 is 7.56. The van der Waals surface area contributed by atoms with Crippen LogP contribution in [0.25, 0.3) is 11.0 Å². The minimum Gasteiger partial charge on any atom is -0.465 e. The van der Waals surface area contributed by atoms with E-state index in [-0.39, 0.29) is 12.5 Å². The van der Waals surface area contributed by atoms with Crippen molar-refractivity contribution in [3.8, 4) is 0 Å². The lowest BCUT2D eigenvalue weighted by Gasteiger charge is -2.55. The molecular weight excluding hydrogens is 424 g/mol. The van der Waals surface area contributed by atoms with Crippen LogP contribution in [0.4, 0.5) is 5.95 Å². The fraction of sp³-hybridized carbons (Fsp3) is 0.714. The summed E-state index contributed by atoms with van der Waals surface area (Å²) in [5.74, 6) is 2.55. The lowest BCUT2D eigenvalue weighted by molar-refractivity contribution is -0.140. The molecule has 0 amide bonds. The van der Waals surface area contributed by atoms with Crippen LogP contribution in [0, 0.1) is 11.8 Å². The summed E-state index contributed by atoms with van der Waals surface area (Å²) >= 11 is 0. The molecule has 2 aromatic rings. The van der Waals surface area contributed by atoms with Gasteiger partial charge in [-0.15, -0.1) is 0 Å². The Balaban J connectivity index is 1.25. The number of hydrogen-bond acceptors (Lipinski definition) is 5. The topological polar surface area (TPSA) is 59.4 Å². The SMILES string of the molecule is CCOC(=O)CNc1nc2ccccc2n1C1C[C@H]2CCC[C@@H](C1)N2[C@H]1C[C@@H]2CCC[C@@H](C2)C1. The molecule has 3 heterocycles. The first-order chi connectivity index (χ1) is 16.7. The van der Waals surface area contributed by atoms with Crippen LogP contribution in [0.1, 0.15) is 83.6 Å². The van der Waals surface area contributed by atoms with E-state index in [0.717, 1.165) is 29.3 Å². The van der Waals surface area contributed by atoms with E-state index in [1.807, 2.05) is 13.0 Å². The average Bonchev–Trinajstić information content (AvgIpc) is 3.20. The van der Waals surface area contributed by atoms with Gasteiger partial charge in [0.25, 0.3) is 0 Å². The number of anilines is 1. The Bertz CT molecular complexity index is 993. The summed E-state index contributed by atoms with van der Waals surface area (Å²) in [6.45, 7) is 2.41. The number of benzene rings is 1. The lowest BCUT2D eigenvalue weighted by atomic mass is 9.68. The number of carbonyl (C=O) groups excluding carboxylic acids is 1. The zero-order chi connectivity index (χ0) is 23.1. The van der Waals surface area contributed by atoms with E-state index >= 15 is 0 Å². The number of para-hydroxylation sites is 2. The third-order valence-electron chi connectivity index (χ3n) is 9.19. The highest BCUT2D eigenvalue weighted by molar-refractivity contribution is 5.80. The molecule has 2 aliphatic carbocycles. The van der Waals surface area contributed by atoms with Gasteiger partial charge < -0.3 is 14.6 Å². The Hall–Kier alpha value is -2.08. The molecule has 1 aromatic heterocycles. The van der Waals surface area contributed by atoms with Gasteiger partial charge in [-0.3, -0.25) is 9.69 Å². The van der Waals surface area contributed by atoms with E-state index in [0.29, 0.717) is 24.7 Å². The van der Waals surface area contributed by atoms with Gasteiger partial charge in [0.2, 0.25) is 5.95 Å². The second kappa shape index (κ2) is 9.52. The number of fused-ring (bicyclic) bond motifs is 5. The molecule has 4 bridgehead atoms. The van der Waals surface area contributed by atoms with Gasteiger partial charge in [0, 0.05) is 24.2 Å². The molecule has 2 aliphatic heterocycles. The average molecular weight is 465 g/mol. The van der Waals surface area contributed by atoms with Crippen molar-refractivity contribution in [3.63, 3.8) is 0 Å². The van der Waals surface area contributed by atoms with Crippen LogP contribution in [0.15, 0.2) is 24.3 Å². The molecule has 34 heavy (non-hydrogen) atoms. The highest BCUT2D eigenvalue weighted by Gasteiger charge is 2.45. The van der Waals surface area contributed by atoms with Crippen LogP contribution in [-0.4, -0.2) is 51.7 Å². The first-order valence-electron chi connectivity index (χ1n) is 13.8. The zero-order valence-electron chi connectivity index (χ0n) is 20.6. The maximum Gasteiger partial charge on any atom is 0.325 e. The number of nitrogens with one attached hydrogen (secondary N) is 1. The molecule has 0 spiro atoms. The Kier molecular flexibility index (Phi) is 6.27. The molecule has 2 saturated carbocycles. The fourth-order valence-electron chi connectivity index (χ4n) is 8.04. The van der Waals surface area contributed by atoms with Crippen molar-refractivity contribution >= 4 is 23.0 Å². The van der Waals surface area contributed by atoms with Gasteiger partial charge in [-0.25, -0.2) is 4.98 Å². The van der Waals surface area contributed by atoms with Crippen molar-refractivity contribution < 1.29 is 9.53 Å². The third-order valence-corrected chi connectivity index (χ3v) is 9.19. The number of rotatable bonds is 6. The number of carbonyl (C=O) groups is 1. The summed E-state index contributed by atoms with van der Waals surface area (Å²) in [6.07, 6.45) is 15.2. The van der Waals surface area contributed by atoms with E-state index in [9.17, 15) is 4.79 Å². The highest BCUT2D eigenvalue weighted by atomic mass is 16.5. The standard InChI is InChI=1S/C28H40N4O2/c1-2-34-27(33)18-29-28-30-25-11-3-4-12-26(25)32(28)24-16-21-9-6-10-22(17-24)31(21)23-14-19-7-5-8-20(13-19)15-23/h3-4,11-12,19-24H,2,5-10,13-18H2,1H3,(H,29,30)/t19-,20+,21-,22+,23+,24?. The van der Waals surface area contributed by atoms with Crippen molar-refractivity contribution in [1.29, 1.82) is 0 Å². The van der Waals surface area contributed by atoms with Gasteiger partial charge >= 0.3 is 5.97 Å². The normalized spacial score (nSPS) is 33.6. The van der Waals surface area contributed by atoms with Gasteiger partial charge in [-0.1, -0.05) is 37.8 Å². The molecule has 2 saturated heterocycles. The molecule has 4 fully saturated rings. The van der Waals surface area contributed by atoms with Crippen molar-refractivity contribution in [1.82, 2.24) is 14.5 Å². The second-order valence-electron chi connectivity index (χ2n) is 11.3. The van der Waals surface area contributed by atoms with Crippen molar-refractivity contribution in [2.45, 2.75) is 102 Å². The number of piperidine rings is 2. The molecule has 6 rings (SSSR count). The third kappa shape index (κ3) is 4.23. The van der Waals surface area contributed by atoms with Gasteiger partial charge in [0.15, 0.2) is 0 Å². The van der Waals surface area contributed by atoms with Crippen LogP contribution >= 0.6 is 0 Å². The molecule has 1 unspecified atom stereocenters. The summed E-state index contributed by atoms with van der Waals surface area (Å²) in [6, 6.07) is 11.0. The molecule has 184 valence electrons. The highest BCUT2D eigenvalue weighted by Crippen LogP contribution is 2.48. The Morgan fingerprint density at radius 3 is 2.38 bits per heavy atom. The van der Waals surface area contributed by atoms with E-state index in [1.165, 1.54) is 76.1 Å². The summed E-state index contributed by atoms with van der Waals surface area (Å²) in [7, 11) is 0. The Labute approximate surface area is 203 Å². The largest absolute Gasteiger partial charge is 0.465 e. The molecule has 1 N–H and O–H groups in total. The molecule has 6 atom stereocenters. The Morgan fingerprint density at radius 1 is 0.941 bits per heavy atom. The van der Waals surface area contributed by atoms with E-state index in [2.05, 4.69) is 33.0 Å². The quantitative estimate of drug-likeness (QED) is 0.569. The van der Waals surface area contributed by atoms with E-state index in [1.54, 1.807) is 0 Å². The van der Waals surface area contributed by atoms with Crippen LogP contribution in [-0.2, 0) is 9.53 Å². The summed E-state index contributed by atoms with van der Waals surface area (Å²) in [4.78, 5) is 20.0. The number of nitrogens with zero attached hydrogens (tertiary/aromatic N) is 3. The molecule has 6 heteroatoms. The first kappa shape index (κ1) is 22.4. The molecule has 6 nitrogen and oxygen atoms in total. The van der Waals surface area contributed by atoms with Crippen LogP contribution < -0.4 is 5.32 Å². The maximum atomic E-state index is 12.1. The van der Waals surface area contributed by atoms with E-state index in [4.69, 9.17) is 9.72 Å². The van der Waals surface area contributed by atoms with Crippen LogP contribution in [0.5, 0.6) is 0 Å². The molecule has 4 aliphatic rings. The van der Waals surface area contributed by atoms with Gasteiger partial charge in [-0.05, 0) is 75.8 Å². The minimum absolute atomic E-state index is 0.160. The zero-order valence-corrected chi connectivity index (χ0v) is 20.6. The smallest absolute Gasteiger partial charge is 0.325 e. The summed E-state index contributed by atoms with van der Waals surface area (Å²) in [5, 5.41) is 3.32. The predicted octanol–water partition coefficient (Wildman–Crippen LogP) is 5.54. The van der Waals surface area contributed by atoms with Crippen LogP contribution in [0.2, 0.25) is 0 Å². The predicted molar refractivity (Wildman–Crippen MR) is 135 cm³/mol. The van der Waals surface area contributed by atoms with Gasteiger partial charge in [0.05, 0.1) is 17.6 Å². The monoisotopic (exact) mass is 464 g/mol. The van der Waals surface area contributed by atoms with E-state index < -0.39 is 0 Å². The fourth-order valence-corrected chi connectivity index (χ4v) is 8.04. The number of imidazole rings is 1. The van der Waals surface area contributed by atoms with Crippen molar-refractivity contribution in [3.05, 3.63) is 24.3 Å². The lowest BCUT2D eigenvalue weighted by Crippen LogP contribution is -2.58. The number of aromatic nitrogens is 2. The number of hydrogen-bond donors (Lipinski definition) is 1. The minimum atomic E-state index is -0.226. The second-order valence-corrected chi connectivity index (χ2v) is 11.3. The molecular formula is C28H40N4O2. The van der Waals surface area contributed by atoms with Crippen molar-refractivity contribution in [2.24, 2.45) is 11.8 Å². The summed E-state index contributed by atoms with van der Waals surface area (Å²) in [5.41, 5.74) is 2.18. The van der Waals surface area contributed by atoms with Gasteiger partial charge in [-0.2, -0.15) is 0 Å². The number of ether oxygens (including phenoxy) is 1. The first-order valence-corrected chi connectivity index (χ1v) is 13.8. The number of esters is 1. The van der Waals surface area contributed by atoms with Crippen LogP contribution in [0.3, 0.4) is 0 Å². The Morgan fingerprint density at radius 2 is 1.65 bits per heavy atom. The maximum absolute atomic E-state index is 12.1. The van der Waals surface area contributed by atoms with Crippen molar-refractivity contribution in [2.75, 3.05) is 18.5 Å². The van der Waals surface area contributed by atoms with Gasteiger partial charge in [0.1, 0.15) is 6.54 Å².